The minimum absolute atomic E-state index is 0.150. The number of nitrogen functional groups attached to an aromatic ring is 1. The number of amides is 1. The van der Waals surface area contributed by atoms with Crippen LogP contribution in [0.15, 0.2) is 24.3 Å². The molecule has 16 heavy (non-hydrogen) atoms. The first-order valence-corrected chi connectivity index (χ1v) is 5.55. The fraction of sp³-hybridized carbons (Fsp3) is 0.462. The number of hydrogen-bond donors (Lipinski definition) is 1. The van der Waals surface area contributed by atoms with Crippen LogP contribution in [0.3, 0.4) is 0 Å². The molecular weight excluding hydrogens is 200 g/mol. The number of hydrogen-bond acceptors (Lipinski definition) is 2. The van der Waals surface area contributed by atoms with E-state index in [1.54, 1.807) is 11.9 Å². The van der Waals surface area contributed by atoms with E-state index in [1.165, 1.54) is 0 Å². The average molecular weight is 218 g/mol. The number of para-hydroxylation sites is 2. The van der Waals surface area contributed by atoms with Gasteiger partial charge >= 0.3 is 0 Å². The van der Waals surface area contributed by atoms with Crippen LogP contribution in [-0.2, 0) is 4.79 Å². The molecule has 1 saturated carbocycles. The topological polar surface area (TPSA) is 46.3 Å². The van der Waals surface area contributed by atoms with Crippen molar-refractivity contribution in [1.29, 1.82) is 0 Å². The van der Waals surface area contributed by atoms with Gasteiger partial charge in [-0.25, -0.2) is 0 Å². The van der Waals surface area contributed by atoms with Crippen molar-refractivity contribution in [2.75, 3.05) is 17.7 Å². The van der Waals surface area contributed by atoms with Gasteiger partial charge in [-0.3, -0.25) is 4.79 Å². The Hall–Kier alpha value is -1.51. The number of rotatable bonds is 2. The highest BCUT2D eigenvalue weighted by atomic mass is 16.2. The Morgan fingerprint density at radius 3 is 2.50 bits per heavy atom. The molecule has 0 spiro atoms. The van der Waals surface area contributed by atoms with Gasteiger partial charge in [0.25, 0.3) is 0 Å². The van der Waals surface area contributed by atoms with Gasteiger partial charge in [0.15, 0.2) is 0 Å². The lowest BCUT2D eigenvalue weighted by atomic mass is 10.1. The van der Waals surface area contributed by atoms with Crippen molar-refractivity contribution in [1.82, 2.24) is 0 Å². The van der Waals surface area contributed by atoms with Crippen molar-refractivity contribution in [3.8, 4) is 0 Å². The third-order valence-electron chi connectivity index (χ3n) is 3.44. The Kier molecular flexibility index (Phi) is 2.41. The Morgan fingerprint density at radius 2 is 2.00 bits per heavy atom. The Morgan fingerprint density at radius 1 is 1.44 bits per heavy atom. The van der Waals surface area contributed by atoms with Crippen molar-refractivity contribution < 1.29 is 4.79 Å². The van der Waals surface area contributed by atoms with Crippen molar-refractivity contribution in [3.63, 3.8) is 0 Å². The van der Waals surface area contributed by atoms with Gasteiger partial charge in [-0.05, 0) is 24.0 Å². The number of carbonyl (C=O) groups excluding carboxylic acids is 1. The zero-order valence-corrected chi connectivity index (χ0v) is 10.0. The van der Waals surface area contributed by atoms with E-state index in [-0.39, 0.29) is 17.2 Å². The first-order chi connectivity index (χ1) is 7.43. The van der Waals surface area contributed by atoms with E-state index < -0.39 is 0 Å². The van der Waals surface area contributed by atoms with E-state index in [0.717, 1.165) is 12.1 Å². The number of carbonyl (C=O) groups is 1. The maximum absolute atomic E-state index is 12.1. The lowest BCUT2D eigenvalue weighted by Crippen LogP contribution is -2.29. The van der Waals surface area contributed by atoms with Gasteiger partial charge < -0.3 is 10.6 Å². The molecule has 1 amide bonds. The van der Waals surface area contributed by atoms with Gasteiger partial charge in [-0.1, -0.05) is 26.0 Å². The second kappa shape index (κ2) is 3.51. The third kappa shape index (κ3) is 1.77. The first-order valence-electron chi connectivity index (χ1n) is 5.55. The molecule has 1 aliphatic carbocycles. The molecule has 0 saturated heterocycles. The van der Waals surface area contributed by atoms with E-state index in [4.69, 9.17) is 5.73 Å². The first kappa shape index (κ1) is 11.0. The monoisotopic (exact) mass is 218 g/mol. The highest BCUT2D eigenvalue weighted by Crippen LogP contribution is 2.52. The number of anilines is 2. The van der Waals surface area contributed by atoms with Gasteiger partial charge in [-0.15, -0.1) is 0 Å². The van der Waals surface area contributed by atoms with Crippen molar-refractivity contribution in [3.05, 3.63) is 24.3 Å². The van der Waals surface area contributed by atoms with Crippen LogP contribution < -0.4 is 10.6 Å². The molecular formula is C13H18N2O. The van der Waals surface area contributed by atoms with Crippen LogP contribution in [0, 0.1) is 11.3 Å². The lowest BCUT2D eigenvalue weighted by Gasteiger charge is -2.19. The molecule has 0 aromatic heterocycles. The van der Waals surface area contributed by atoms with Crippen LogP contribution in [0.5, 0.6) is 0 Å². The molecule has 1 fully saturated rings. The second-order valence-corrected chi connectivity index (χ2v) is 5.20. The standard InChI is InChI=1S/C13H18N2O/c1-13(2)8-9(13)12(16)15(3)11-7-5-4-6-10(11)14/h4-7,9H,8,14H2,1-3H3. The zero-order chi connectivity index (χ0) is 11.9. The molecule has 0 radical (unpaired) electrons. The largest absolute Gasteiger partial charge is 0.397 e. The zero-order valence-electron chi connectivity index (χ0n) is 10.0. The summed E-state index contributed by atoms with van der Waals surface area (Å²) in [4.78, 5) is 13.8. The number of benzene rings is 1. The van der Waals surface area contributed by atoms with E-state index >= 15 is 0 Å². The van der Waals surface area contributed by atoms with E-state index in [2.05, 4.69) is 13.8 Å². The molecule has 86 valence electrons. The average Bonchev–Trinajstić information content (AvgIpc) is 2.86. The fourth-order valence-electron chi connectivity index (χ4n) is 2.03. The fourth-order valence-corrected chi connectivity index (χ4v) is 2.03. The molecule has 0 bridgehead atoms. The smallest absolute Gasteiger partial charge is 0.230 e. The molecule has 1 aliphatic rings. The van der Waals surface area contributed by atoms with Crippen LogP contribution >= 0.6 is 0 Å². The maximum Gasteiger partial charge on any atom is 0.230 e. The summed E-state index contributed by atoms with van der Waals surface area (Å²) < 4.78 is 0. The molecule has 1 aromatic carbocycles. The molecule has 1 unspecified atom stereocenters. The van der Waals surface area contributed by atoms with Gasteiger partial charge in [0, 0.05) is 13.0 Å². The molecule has 0 aliphatic heterocycles. The Balaban J connectivity index is 2.17. The van der Waals surface area contributed by atoms with Gasteiger partial charge in [0.2, 0.25) is 5.91 Å². The Bertz CT molecular complexity index is 426. The van der Waals surface area contributed by atoms with Gasteiger partial charge in [0.05, 0.1) is 11.4 Å². The third-order valence-corrected chi connectivity index (χ3v) is 3.44. The Labute approximate surface area is 96.2 Å². The summed E-state index contributed by atoms with van der Waals surface area (Å²) >= 11 is 0. The van der Waals surface area contributed by atoms with Crippen LogP contribution in [0.25, 0.3) is 0 Å². The predicted molar refractivity (Wildman–Crippen MR) is 66.2 cm³/mol. The highest BCUT2D eigenvalue weighted by molar-refractivity contribution is 5.99. The van der Waals surface area contributed by atoms with Crippen LogP contribution in [0.2, 0.25) is 0 Å². The molecule has 2 rings (SSSR count). The number of nitrogens with two attached hydrogens (primary N) is 1. The summed E-state index contributed by atoms with van der Waals surface area (Å²) in [6.07, 6.45) is 0.975. The molecule has 3 nitrogen and oxygen atoms in total. The molecule has 0 heterocycles. The summed E-state index contributed by atoms with van der Waals surface area (Å²) in [5.74, 6) is 0.319. The van der Waals surface area contributed by atoms with Crippen molar-refractivity contribution >= 4 is 17.3 Å². The van der Waals surface area contributed by atoms with E-state index in [0.29, 0.717) is 5.69 Å². The van der Waals surface area contributed by atoms with E-state index in [1.807, 2.05) is 24.3 Å². The minimum atomic E-state index is 0.150. The predicted octanol–water partition coefficient (Wildman–Crippen LogP) is 2.28. The van der Waals surface area contributed by atoms with Crippen molar-refractivity contribution in [2.24, 2.45) is 11.3 Å². The van der Waals surface area contributed by atoms with Gasteiger partial charge in [-0.2, -0.15) is 0 Å². The molecule has 1 atom stereocenters. The minimum Gasteiger partial charge on any atom is -0.397 e. The summed E-state index contributed by atoms with van der Waals surface area (Å²) in [5.41, 5.74) is 7.47. The maximum atomic E-state index is 12.1. The molecule has 1 aromatic rings. The molecule has 3 heteroatoms. The van der Waals surface area contributed by atoms with Crippen LogP contribution in [0.4, 0.5) is 11.4 Å². The molecule has 2 N–H and O–H groups in total. The second-order valence-electron chi connectivity index (χ2n) is 5.20. The number of nitrogens with zero attached hydrogens (tertiary/aromatic N) is 1. The summed E-state index contributed by atoms with van der Waals surface area (Å²) in [6.45, 7) is 4.25. The summed E-state index contributed by atoms with van der Waals surface area (Å²) in [7, 11) is 1.79. The SMILES string of the molecule is CN(C(=O)C1CC1(C)C)c1ccccc1N. The summed E-state index contributed by atoms with van der Waals surface area (Å²) in [6, 6.07) is 7.46. The van der Waals surface area contributed by atoms with Crippen LogP contribution in [0.1, 0.15) is 20.3 Å². The van der Waals surface area contributed by atoms with Gasteiger partial charge in [0.1, 0.15) is 0 Å². The normalized spacial score (nSPS) is 21.6. The lowest BCUT2D eigenvalue weighted by molar-refractivity contribution is -0.120. The van der Waals surface area contributed by atoms with Crippen molar-refractivity contribution in [2.45, 2.75) is 20.3 Å². The van der Waals surface area contributed by atoms with E-state index in [9.17, 15) is 4.79 Å². The highest BCUT2D eigenvalue weighted by Gasteiger charge is 2.51. The quantitative estimate of drug-likeness (QED) is 0.774. The summed E-state index contributed by atoms with van der Waals surface area (Å²) in [5, 5.41) is 0. The van der Waals surface area contributed by atoms with Crippen LogP contribution in [-0.4, -0.2) is 13.0 Å².